The van der Waals surface area contributed by atoms with Crippen molar-refractivity contribution in [1.29, 1.82) is 0 Å². The van der Waals surface area contributed by atoms with Crippen LogP contribution in [0, 0.1) is 0 Å². The first-order chi connectivity index (χ1) is 6.12. The van der Waals surface area contributed by atoms with Crippen LogP contribution in [0.5, 0.6) is 0 Å². The molecular weight excluding hydrogens is 168 g/mol. The van der Waals surface area contributed by atoms with Gasteiger partial charge in [-0.25, -0.2) is 0 Å². The van der Waals surface area contributed by atoms with E-state index in [-0.39, 0.29) is 6.61 Å². The third-order valence-electron chi connectivity index (χ3n) is 1.63. The van der Waals surface area contributed by atoms with Crippen molar-refractivity contribution in [3.05, 3.63) is 0 Å². The van der Waals surface area contributed by atoms with Crippen LogP contribution in [0.2, 0.25) is 0 Å². The molecule has 0 aliphatic carbocycles. The number of ether oxygens (including phenoxy) is 2. The fourth-order valence-corrected chi connectivity index (χ4v) is 0.884. The van der Waals surface area contributed by atoms with Crippen molar-refractivity contribution in [2.75, 3.05) is 19.8 Å². The van der Waals surface area contributed by atoms with Gasteiger partial charge >= 0.3 is 0 Å². The van der Waals surface area contributed by atoms with Gasteiger partial charge in [0.05, 0.1) is 6.61 Å². The summed E-state index contributed by atoms with van der Waals surface area (Å²) in [5.74, 6) is -1.12. The van der Waals surface area contributed by atoms with Gasteiger partial charge < -0.3 is 14.6 Å². The molecule has 0 radical (unpaired) electrons. The average molecular weight is 190 g/mol. The van der Waals surface area contributed by atoms with E-state index in [4.69, 9.17) is 9.47 Å². The summed E-state index contributed by atoms with van der Waals surface area (Å²) >= 11 is 0. The molecule has 0 aromatic heterocycles. The minimum Gasteiger partial charge on any atom is -0.376 e. The van der Waals surface area contributed by atoms with Crippen molar-refractivity contribution >= 4 is 0 Å². The van der Waals surface area contributed by atoms with Crippen molar-refractivity contribution < 1.29 is 14.6 Å². The molecule has 0 amide bonds. The van der Waals surface area contributed by atoms with E-state index in [2.05, 4.69) is 6.92 Å². The van der Waals surface area contributed by atoms with E-state index in [9.17, 15) is 5.11 Å². The van der Waals surface area contributed by atoms with Gasteiger partial charge in [0.2, 0.25) is 0 Å². The van der Waals surface area contributed by atoms with Crippen molar-refractivity contribution in [1.82, 2.24) is 0 Å². The summed E-state index contributed by atoms with van der Waals surface area (Å²) in [7, 11) is 0. The molecule has 13 heavy (non-hydrogen) atoms. The lowest BCUT2D eigenvalue weighted by molar-refractivity contribution is -0.220. The molecule has 0 aromatic carbocycles. The summed E-state index contributed by atoms with van der Waals surface area (Å²) in [6.45, 7) is 7.29. The average Bonchev–Trinajstić information content (AvgIpc) is 2.05. The lowest BCUT2D eigenvalue weighted by Crippen LogP contribution is -2.34. The summed E-state index contributed by atoms with van der Waals surface area (Å²) in [5, 5.41) is 9.62. The van der Waals surface area contributed by atoms with Gasteiger partial charge in [0.1, 0.15) is 6.61 Å². The first-order valence-electron chi connectivity index (χ1n) is 5.06. The molecule has 80 valence electrons. The van der Waals surface area contributed by atoms with Crippen LogP contribution < -0.4 is 0 Å². The predicted molar refractivity (Wildman–Crippen MR) is 52.6 cm³/mol. The first-order valence-corrected chi connectivity index (χ1v) is 5.06. The Bertz CT molecular complexity index is 101. The highest BCUT2D eigenvalue weighted by Gasteiger charge is 2.20. The lowest BCUT2D eigenvalue weighted by atomic mass is 10.3. The highest BCUT2D eigenvalue weighted by atomic mass is 16.6. The van der Waals surface area contributed by atoms with E-state index in [1.807, 2.05) is 6.92 Å². The molecule has 0 spiro atoms. The van der Waals surface area contributed by atoms with Gasteiger partial charge in [0.15, 0.2) is 5.79 Å². The van der Waals surface area contributed by atoms with Crippen LogP contribution in [0.1, 0.15) is 40.0 Å². The van der Waals surface area contributed by atoms with E-state index >= 15 is 0 Å². The van der Waals surface area contributed by atoms with Crippen molar-refractivity contribution in [3.63, 3.8) is 0 Å². The van der Waals surface area contributed by atoms with Crippen LogP contribution in [-0.2, 0) is 9.47 Å². The molecule has 1 unspecified atom stereocenters. The molecular formula is C10H22O3. The molecule has 3 heteroatoms. The fraction of sp³-hybridized carbons (Fsp3) is 1.00. The zero-order valence-electron chi connectivity index (χ0n) is 9.01. The highest BCUT2D eigenvalue weighted by Crippen LogP contribution is 2.07. The van der Waals surface area contributed by atoms with Crippen LogP contribution in [0.25, 0.3) is 0 Å². The SMILES string of the molecule is CCCCOC(C)(O)COCCC. The van der Waals surface area contributed by atoms with Crippen molar-refractivity contribution in [3.8, 4) is 0 Å². The summed E-state index contributed by atoms with van der Waals surface area (Å²) in [6, 6.07) is 0. The van der Waals surface area contributed by atoms with Crippen LogP contribution in [0.3, 0.4) is 0 Å². The zero-order chi connectivity index (χ0) is 10.2. The maximum Gasteiger partial charge on any atom is 0.186 e. The number of hydrogen-bond donors (Lipinski definition) is 1. The summed E-state index contributed by atoms with van der Waals surface area (Å²) in [6.07, 6.45) is 3.01. The minimum atomic E-state index is -1.12. The molecule has 0 saturated heterocycles. The summed E-state index contributed by atoms with van der Waals surface area (Å²) in [4.78, 5) is 0. The predicted octanol–water partition coefficient (Wildman–Crippen LogP) is 1.94. The first kappa shape index (κ1) is 12.9. The van der Waals surface area contributed by atoms with E-state index < -0.39 is 5.79 Å². The van der Waals surface area contributed by atoms with Crippen LogP contribution in [0.4, 0.5) is 0 Å². The van der Waals surface area contributed by atoms with Gasteiger partial charge in [0, 0.05) is 6.61 Å². The standard InChI is InChI=1S/C10H22O3/c1-4-6-8-13-10(3,11)9-12-7-5-2/h11H,4-9H2,1-3H3. The lowest BCUT2D eigenvalue weighted by Gasteiger charge is -2.23. The molecule has 0 fully saturated rings. The molecule has 0 rings (SSSR count). The third-order valence-corrected chi connectivity index (χ3v) is 1.63. The largest absolute Gasteiger partial charge is 0.376 e. The Morgan fingerprint density at radius 1 is 1.15 bits per heavy atom. The van der Waals surface area contributed by atoms with Gasteiger partial charge in [0.25, 0.3) is 0 Å². The molecule has 0 bridgehead atoms. The normalized spacial score (nSPS) is 15.7. The Morgan fingerprint density at radius 3 is 2.38 bits per heavy atom. The Labute approximate surface area is 81.0 Å². The van der Waals surface area contributed by atoms with Crippen molar-refractivity contribution in [2.24, 2.45) is 0 Å². The Balaban J connectivity index is 3.42. The molecule has 0 aromatic rings. The van der Waals surface area contributed by atoms with E-state index in [0.717, 1.165) is 19.3 Å². The van der Waals surface area contributed by atoms with Crippen molar-refractivity contribution in [2.45, 2.75) is 45.8 Å². The van der Waals surface area contributed by atoms with E-state index in [1.54, 1.807) is 6.92 Å². The monoisotopic (exact) mass is 190 g/mol. The number of hydrogen-bond acceptors (Lipinski definition) is 3. The second kappa shape index (κ2) is 7.30. The molecule has 0 aliphatic heterocycles. The highest BCUT2D eigenvalue weighted by molar-refractivity contribution is 4.57. The topological polar surface area (TPSA) is 38.7 Å². The molecule has 0 saturated carbocycles. The fourth-order valence-electron chi connectivity index (χ4n) is 0.884. The van der Waals surface area contributed by atoms with Gasteiger partial charge in [-0.1, -0.05) is 20.3 Å². The number of aliphatic hydroxyl groups is 1. The number of rotatable bonds is 8. The molecule has 1 atom stereocenters. The molecule has 0 heterocycles. The summed E-state index contributed by atoms with van der Waals surface area (Å²) in [5.41, 5.74) is 0. The minimum absolute atomic E-state index is 0.255. The van der Waals surface area contributed by atoms with Crippen LogP contribution >= 0.6 is 0 Å². The van der Waals surface area contributed by atoms with Gasteiger partial charge in [-0.05, 0) is 19.8 Å². The molecule has 0 aliphatic rings. The molecule has 3 nitrogen and oxygen atoms in total. The van der Waals surface area contributed by atoms with Gasteiger partial charge in [-0.15, -0.1) is 0 Å². The molecule has 1 N–H and O–H groups in total. The van der Waals surface area contributed by atoms with Gasteiger partial charge in [-0.2, -0.15) is 0 Å². The maximum atomic E-state index is 9.62. The second-order valence-corrected chi connectivity index (χ2v) is 3.43. The maximum absolute atomic E-state index is 9.62. The smallest absolute Gasteiger partial charge is 0.186 e. The zero-order valence-corrected chi connectivity index (χ0v) is 9.01. The van der Waals surface area contributed by atoms with Gasteiger partial charge in [-0.3, -0.25) is 0 Å². The second-order valence-electron chi connectivity index (χ2n) is 3.43. The number of unbranched alkanes of at least 4 members (excludes halogenated alkanes) is 1. The summed E-state index contributed by atoms with van der Waals surface area (Å²) < 4.78 is 10.5. The van der Waals surface area contributed by atoms with Crippen LogP contribution in [-0.4, -0.2) is 30.7 Å². The van der Waals surface area contributed by atoms with Crippen LogP contribution in [0.15, 0.2) is 0 Å². The Kier molecular flexibility index (Phi) is 7.23. The Hall–Kier alpha value is -0.120. The quantitative estimate of drug-likeness (QED) is 0.469. The Morgan fingerprint density at radius 2 is 1.85 bits per heavy atom. The third kappa shape index (κ3) is 8.22. The van der Waals surface area contributed by atoms with E-state index in [0.29, 0.717) is 13.2 Å². The van der Waals surface area contributed by atoms with E-state index in [1.165, 1.54) is 0 Å².